The van der Waals surface area contributed by atoms with Gasteiger partial charge in [-0.3, -0.25) is 0 Å². The summed E-state index contributed by atoms with van der Waals surface area (Å²) < 4.78 is 49.2. The molecule has 1 saturated carbocycles. The second-order valence-corrected chi connectivity index (χ2v) is 11.6. The number of oxazole rings is 1. The van der Waals surface area contributed by atoms with Crippen LogP contribution in [0.25, 0.3) is 16.6 Å². The van der Waals surface area contributed by atoms with Gasteiger partial charge in [0.1, 0.15) is 12.1 Å². The van der Waals surface area contributed by atoms with Gasteiger partial charge in [-0.15, -0.1) is 5.10 Å². The molecule has 2 aromatic carbocycles. The lowest BCUT2D eigenvalue weighted by atomic mass is 9.88. The van der Waals surface area contributed by atoms with Gasteiger partial charge in [-0.25, -0.2) is 22.5 Å². The highest BCUT2D eigenvalue weighted by Crippen LogP contribution is 2.70. The highest BCUT2D eigenvalue weighted by molar-refractivity contribution is 7.89. The SMILES string of the molecule is Cc1cc2c(cnn2-c2ccc(F)cc2)cc1[C@@]12CN(S(=O)(=O)c3cnn(C)n3)C[C@@H]1[C@H]2c1ncco1. The fourth-order valence-electron chi connectivity index (χ4n) is 6.04. The molecule has 1 saturated heterocycles. The Hall–Kier alpha value is -3.90. The number of aromatic nitrogens is 6. The number of halogens is 1. The average Bonchev–Trinajstić information content (AvgIpc) is 3.52. The summed E-state index contributed by atoms with van der Waals surface area (Å²) in [6.45, 7) is 2.63. The summed E-state index contributed by atoms with van der Waals surface area (Å²) in [5.74, 6) is 0.264. The lowest BCUT2D eigenvalue weighted by molar-refractivity contribution is 0.391. The summed E-state index contributed by atoms with van der Waals surface area (Å²) in [6, 6.07) is 10.3. The molecule has 1 aliphatic carbocycles. The first-order chi connectivity index (χ1) is 17.8. The summed E-state index contributed by atoms with van der Waals surface area (Å²) in [7, 11) is -2.22. The molecule has 0 spiro atoms. The van der Waals surface area contributed by atoms with Gasteiger partial charge in [-0.2, -0.15) is 19.3 Å². The number of piperidine rings is 1. The highest BCUT2D eigenvalue weighted by atomic mass is 32.2. The molecule has 0 amide bonds. The molecule has 12 heteroatoms. The Bertz CT molecular complexity index is 1760. The maximum absolute atomic E-state index is 13.5. The maximum atomic E-state index is 13.5. The van der Waals surface area contributed by atoms with Crippen molar-refractivity contribution >= 4 is 20.9 Å². The lowest BCUT2D eigenvalue weighted by Crippen LogP contribution is -2.35. The first kappa shape index (κ1) is 22.3. The maximum Gasteiger partial charge on any atom is 0.264 e. The fourth-order valence-corrected chi connectivity index (χ4v) is 7.45. The number of hydrogen-bond acceptors (Lipinski definition) is 7. The fraction of sp³-hybridized carbons (Fsp3) is 0.280. The number of fused-ring (bicyclic) bond motifs is 2. The molecule has 1 aliphatic heterocycles. The predicted molar refractivity (Wildman–Crippen MR) is 130 cm³/mol. The number of sulfonamides is 1. The van der Waals surface area contributed by atoms with Gasteiger partial charge in [0.2, 0.25) is 5.03 Å². The molecular weight excluding hydrogens is 497 g/mol. The van der Waals surface area contributed by atoms with Crippen LogP contribution in [0.4, 0.5) is 4.39 Å². The minimum Gasteiger partial charge on any atom is -0.449 e. The number of aryl methyl sites for hydroxylation is 2. The molecule has 0 N–H and O–H groups in total. The van der Waals surface area contributed by atoms with Crippen molar-refractivity contribution in [2.45, 2.75) is 23.3 Å². The van der Waals surface area contributed by atoms with E-state index < -0.39 is 15.4 Å². The highest BCUT2D eigenvalue weighted by Gasteiger charge is 2.73. The number of hydrogen-bond donors (Lipinski definition) is 0. The molecule has 0 unspecified atom stereocenters. The molecule has 4 heterocycles. The van der Waals surface area contributed by atoms with Crippen LogP contribution >= 0.6 is 0 Å². The Balaban J connectivity index is 1.32. The molecule has 0 radical (unpaired) electrons. The molecule has 2 aliphatic rings. The molecule has 7 rings (SSSR count). The van der Waals surface area contributed by atoms with Crippen molar-refractivity contribution < 1.29 is 17.2 Å². The predicted octanol–water partition coefficient (Wildman–Crippen LogP) is 2.95. The first-order valence-corrected chi connectivity index (χ1v) is 13.2. The summed E-state index contributed by atoms with van der Waals surface area (Å²) in [5, 5.41) is 13.4. The molecule has 3 aromatic heterocycles. The summed E-state index contributed by atoms with van der Waals surface area (Å²) >= 11 is 0. The number of nitrogens with zero attached hydrogens (tertiary/aromatic N) is 7. The normalized spacial score (nSPS) is 23.5. The van der Waals surface area contributed by atoms with E-state index in [1.807, 2.05) is 6.92 Å². The van der Waals surface area contributed by atoms with E-state index in [1.165, 1.54) is 27.4 Å². The van der Waals surface area contributed by atoms with E-state index in [1.54, 1.807) is 42.5 Å². The van der Waals surface area contributed by atoms with Crippen LogP contribution in [0.2, 0.25) is 0 Å². The Morgan fingerprint density at radius 1 is 1.14 bits per heavy atom. The van der Waals surface area contributed by atoms with E-state index in [-0.39, 0.29) is 29.2 Å². The van der Waals surface area contributed by atoms with Gasteiger partial charge in [0.25, 0.3) is 10.0 Å². The van der Waals surface area contributed by atoms with Crippen LogP contribution in [0.5, 0.6) is 0 Å². The van der Waals surface area contributed by atoms with Gasteiger partial charge in [0.05, 0.1) is 35.7 Å². The average molecular weight is 520 g/mol. The van der Waals surface area contributed by atoms with Crippen molar-refractivity contribution in [2.24, 2.45) is 13.0 Å². The van der Waals surface area contributed by atoms with E-state index in [4.69, 9.17) is 4.42 Å². The summed E-state index contributed by atoms with van der Waals surface area (Å²) in [4.78, 5) is 5.66. The summed E-state index contributed by atoms with van der Waals surface area (Å²) in [6.07, 6.45) is 6.22. The van der Waals surface area contributed by atoms with Crippen LogP contribution in [0, 0.1) is 18.7 Å². The topological polar surface area (TPSA) is 112 Å². The third-order valence-electron chi connectivity index (χ3n) is 7.74. The van der Waals surface area contributed by atoms with Gasteiger partial charge >= 0.3 is 0 Å². The third kappa shape index (κ3) is 3.15. The molecule has 2 fully saturated rings. The molecule has 3 atom stereocenters. The van der Waals surface area contributed by atoms with Crippen molar-refractivity contribution in [1.82, 2.24) is 34.1 Å². The van der Waals surface area contributed by atoms with Crippen LogP contribution in [0.15, 0.2) is 70.7 Å². The molecule has 5 aromatic rings. The minimum absolute atomic E-state index is 0.000824. The van der Waals surface area contributed by atoms with Crippen molar-refractivity contribution in [1.29, 1.82) is 0 Å². The Morgan fingerprint density at radius 3 is 2.65 bits per heavy atom. The van der Waals surface area contributed by atoms with Gasteiger partial charge in [-0.1, -0.05) is 0 Å². The molecular formula is C25H22FN7O3S. The Kier molecular flexibility index (Phi) is 4.56. The molecule has 188 valence electrons. The summed E-state index contributed by atoms with van der Waals surface area (Å²) in [5.41, 5.74) is 3.20. The smallest absolute Gasteiger partial charge is 0.264 e. The second kappa shape index (κ2) is 7.56. The van der Waals surface area contributed by atoms with E-state index in [0.717, 1.165) is 27.7 Å². The van der Waals surface area contributed by atoms with E-state index in [9.17, 15) is 12.8 Å². The zero-order valence-electron chi connectivity index (χ0n) is 20.0. The molecule has 0 bridgehead atoms. The third-order valence-corrected chi connectivity index (χ3v) is 9.41. The number of benzene rings is 2. The van der Waals surface area contributed by atoms with Gasteiger partial charge in [0.15, 0.2) is 5.89 Å². The van der Waals surface area contributed by atoms with Crippen molar-refractivity contribution in [3.05, 3.63) is 84.1 Å². The van der Waals surface area contributed by atoms with Gasteiger partial charge in [-0.05, 0) is 60.4 Å². The van der Waals surface area contributed by atoms with Crippen LogP contribution < -0.4 is 0 Å². The van der Waals surface area contributed by atoms with Crippen LogP contribution in [-0.4, -0.2) is 55.6 Å². The zero-order valence-corrected chi connectivity index (χ0v) is 20.8. The van der Waals surface area contributed by atoms with Crippen LogP contribution in [0.1, 0.15) is 22.9 Å². The van der Waals surface area contributed by atoms with E-state index >= 15 is 0 Å². The van der Waals surface area contributed by atoms with Crippen LogP contribution in [-0.2, 0) is 22.5 Å². The minimum atomic E-state index is -3.81. The monoisotopic (exact) mass is 519 g/mol. The van der Waals surface area contributed by atoms with E-state index in [2.05, 4.69) is 32.4 Å². The Labute approximate surface area is 211 Å². The lowest BCUT2D eigenvalue weighted by Gasteiger charge is -2.23. The zero-order chi connectivity index (χ0) is 25.5. The second-order valence-electron chi connectivity index (χ2n) is 9.72. The van der Waals surface area contributed by atoms with E-state index in [0.29, 0.717) is 12.4 Å². The molecule has 37 heavy (non-hydrogen) atoms. The largest absolute Gasteiger partial charge is 0.449 e. The molecule has 10 nitrogen and oxygen atoms in total. The van der Waals surface area contributed by atoms with Crippen molar-refractivity contribution in [2.75, 3.05) is 13.1 Å². The van der Waals surface area contributed by atoms with Gasteiger partial charge in [0, 0.05) is 30.9 Å². The first-order valence-electron chi connectivity index (χ1n) is 11.8. The Morgan fingerprint density at radius 2 is 1.95 bits per heavy atom. The van der Waals surface area contributed by atoms with Crippen LogP contribution in [0.3, 0.4) is 0 Å². The number of rotatable bonds is 5. The van der Waals surface area contributed by atoms with Crippen molar-refractivity contribution in [3.8, 4) is 5.69 Å². The van der Waals surface area contributed by atoms with Gasteiger partial charge < -0.3 is 4.42 Å². The van der Waals surface area contributed by atoms with Crippen molar-refractivity contribution in [3.63, 3.8) is 0 Å². The quantitative estimate of drug-likeness (QED) is 0.351. The standard InChI is InChI=1S/C25H22FN7O3S/c1-15-9-21-16(11-29-33(21)18-5-3-17(26)4-6-18)10-19(15)25-14-32(37(34,35)22-12-28-31(2)30-22)13-20(25)23(25)24-27-7-8-36-24/h3-12,20,23H,13-14H2,1-2H3/t20-,23+,25+/m1/s1.